The number of piperidine rings is 1. The molecule has 1 aliphatic heterocycles. The SMILES string of the molecule is CC1(C)CCCNC1CNC(=O)c1ccc2ncccc2c1. The van der Waals surface area contributed by atoms with Gasteiger partial charge in [-0.3, -0.25) is 9.78 Å². The number of amides is 1. The molecule has 1 atom stereocenters. The lowest BCUT2D eigenvalue weighted by Crippen LogP contribution is -2.52. The zero-order valence-corrected chi connectivity index (χ0v) is 13.2. The van der Waals surface area contributed by atoms with E-state index in [9.17, 15) is 4.79 Å². The molecule has 1 aromatic carbocycles. The number of hydrogen-bond acceptors (Lipinski definition) is 3. The summed E-state index contributed by atoms with van der Waals surface area (Å²) in [5.41, 5.74) is 1.82. The maximum atomic E-state index is 12.4. The van der Waals surface area contributed by atoms with Gasteiger partial charge in [-0.25, -0.2) is 0 Å². The summed E-state index contributed by atoms with van der Waals surface area (Å²) >= 11 is 0. The first kappa shape index (κ1) is 15.0. The van der Waals surface area contributed by atoms with Crippen molar-refractivity contribution in [3.8, 4) is 0 Å². The molecular formula is C18H23N3O. The van der Waals surface area contributed by atoms with Gasteiger partial charge in [-0.2, -0.15) is 0 Å². The molecule has 1 unspecified atom stereocenters. The summed E-state index contributed by atoms with van der Waals surface area (Å²) in [6.45, 7) is 6.22. The first-order valence-electron chi connectivity index (χ1n) is 7.93. The van der Waals surface area contributed by atoms with E-state index in [2.05, 4.69) is 29.5 Å². The lowest BCUT2D eigenvalue weighted by atomic mass is 9.77. The third-order valence-electron chi connectivity index (χ3n) is 4.66. The van der Waals surface area contributed by atoms with Gasteiger partial charge < -0.3 is 10.6 Å². The molecule has 4 nitrogen and oxygen atoms in total. The molecule has 1 aliphatic rings. The number of carbonyl (C=O) groups is 1. The standard InChI is InChI=1S/C18H23N3O/c1-18(2)8-4-10-20-16(18)12-21-17(22)14-6-7-15-13(11-14)5-3-9-19-15/h3,5-7,9,11,16,20H,4,8,10,12H2,1-2H3,(H,21,22). The maximum absolute atomic E-state index is 12.4. The first-order valence-corrected chi connectivity index (χ1v) is 7.93. The fourth-order valence-corrected chi connectivity index (χ4v) is 3.13. The number of rotatable bonds is 3. The van der Waals surface area contributed by atoms with Crippen LogP contribution in [0.25, 0.3) is 10.9 Å². The predicted molar refractivity (Wildman–Crippen MR) is 88.9 cm³/mol. The van der Waals surface area contributed by atoms with E-state index >= 15 is 0 Å². The van der Waals surface area contributed by atoms with E-state index in [0.29, 0.717) is 18.2 Å². The predicted octanol–water partition coefficient (Wildman–Crippen LogP) is 2.74. The second kappa shape index (κ2) is 6.05. The monoisotopic (exact) mass is 297 g/mol. The van der Waals surface area contributed by atoms with Gasteiger partial charge in [-0.1, -0.05) is 19.9 Å². The molecule has 0 spiro atoms. The summed E-state index contributed by atoms with van der Waals surface area (Å²) in [7, 11) is 0. The highest BCUT2D eigenvalue weighted by Crippen LogP contribution is 2.29. The van der Waals surface area contributed by atoms with Gasteiger partial charge in [-0.05, 0) is 49.1 Å². The Balaban J connectivity index is 1.68. The van der Waals surface area contributed by atoms with Crippen LogP contribution in [0, 0.1) is 5.41 Å². The molecule has 4 heteroatoms. The smallest absolute Gasteiger partial charge is 0.251 e. The molecule has 1 aromatic heterocycles. The number of nitrogens with zero attached hydrogens (tertiary/aromatic N) is 1. The number of carbonyl (C=O) groups excluding carboxylic acids is 1. The average Bonchev–Trinajstić information content (AvgIpc) is 2.52. The second-order valence-electron chi connectivity index (χ2n) is 6.72. The molecule has 1 amide bonds. The van der Waals surface area contributed by atoms with Crippen molar-refractivity contribution < 1.29 is 4.79 Å². The lowest BCUT2D eigenvalue weighted by Gasteiger charge is -2.39. The number of fused-ring (bicyclic) bond motifs is 1. The van der Waals surface area contributed by atoms with Crippen LogP contribution in [0.15, 0.2) is 36.5 Å². The Morgan fingerprint density at radius 3 is 3.09 bits per heavy atom. The normalized spacial score (nSPS) is 20.7. The second-order valence-corrected chi connectivity index (χ2v) is 6.72. The number of pyridine rings is 1. The molecule has 0 saturated carbocycles. The summed E-state index contributed by atoms with van der Waals surface area (Å²) in [4.78, 5) is 16.7. The van der Waals surface area contributed by atoms with Crippen LogP contribution in [0.1, 0.15) is 37.0 Å². The fourth-order valence-electron chi connectivity index (χ4n) is 3.13. The van der Waals surface area contributed by atoms with E-state index in [-0.39, 0.29) is 11.3 Å². The van der Waals surface area contributed by atoms with Crippen LogP contribution in [0.4, 0.5) is 0 Å². The van der Waals surface area contributed by atoms with E-state index in [0.717, 1.165) is 17.4 Å². The van der Waals surface area contributed by atoms with E-state index in [1.165, 1.54) is 12.8 Å². The Labute approximate surface area is 131 Å². The van der Waals surface area contributed by atoms with Crippen molar-refractivity contribution in [1.29, 1.82) is 0 Å². The van der Waals surface area contributed by atoms with Crippen LogP contribution in [0.3, 0.4) is 0 Å². The third kappa shape index (κ3) is 3.12. The largest absolute Gasteiger partial charge is 0.350 e. The van der Waals surface area contributed by atoms with Gasteiger partial charge >= 0.3 is 0 Å². The van der Waals surface area contributed by atoms with Gasteiger partial charge in [0.05, 0.1) is 5.52 Å². The topological polar surface area (TPSA) is 54.0 Å². The van der Waals surface area contributed by atoms with Crippen LogP contribution in [0.5, 0.6) is 0 Å². The fraction of sp³-hybridized carbons (Fsp3) is 0.444. The van der Waals surface area contributed by atoms with Crippen LogP contribution in [-0.4, -0.2) is 30.0 Å². The van der Waals surface area contributed by atoms with Crippen LogP contribution < -0.4 is 10.6 Å². The van der Waals surface area contributed by atoms with Crippen molar-refractivity contribution in [3.05, 3.63) is 42.1 Å². The molecule has 2 aromatic rings. The quantitative estimate of drug-likeness (QED) is 0.916. The molecule has 116 valence electrons. The highest BCUT2D eigenvalue weighted by atomic mass is 16.1. The maximum Gasteiger partial charge on any atom is 0.251 e. The summed E-state index contributed by atoms with van der Waals surface area (Å²) < 4.78 is 0. The van der Waals surface area contributed by atoms with Crippen LogP contribution in [0.2, 0.25) is 0 Å². The first-order chi connectivity index (χ1) is 10.6. The summed E-state index contributed by atoms with van der Waals surface area (Å²) in [5.74, 6) is -0.0195. The highest BCUT2D eigenvalue weighted by Gasteiger charge is 2.31. The molecule has 2 heterocycles. The molecule has 0 radical (unpaired) electrons. The molecule has 0 bridgehead atoms. The Morgan fingerprint density at radius 2 is 2.27 bits per heavy atom. The number of hydrogen-bond donors (Lipinski definition) is 2. The van der Waals surface area contributed by atoms with E-state index < -0.39 is 0 Å². The van der Waals surface area contributed by atoms with Gasteiger partial charge in [0.15, 0.2) is 0 Å². The molecule has 1 fully saturated rings. The number of aromatic nitrogens is 1. The van der Waals surface area contributed by atoms with Crippen LogP contribution >= 0.6 is 0 Å². The molecule has 0 aliphatic carbocycles. The average molecular weight is 297 g/mol. The van der Waals surface area contributed by atoms with Crippen molar-refractivity contribution in [2.24, 2.45) is 5.41 Å². The Kier molecular flexibility index (Phi) is 4.12. The van der Waals surface area contributed by atoms with Gasteiger partial charge in [0.1, 0.15) is 0 Å². The number of benzene rings is 1. The van der Waals surface area contributed by atoms with Gasteiger partial charge in [0.25, 0.3) is 5.91 Å². The zero-order valence-electron chi connectivity index (χ0n) is 13.2. The van der Waals surface area contributed by atoms with E-state index in [1.807, 2.05) is 30.3 Å². The van der Waals surface area contributed by atoms with Gasteiger partial charge in [0.2, 0.25) is 0 Å². The minimum absolute atomic E-state index is 0.0195. The zero-order chi connectivity index (χ0) is 15.6. The minimum Gasteiger partial charge on any atom is -0.350 e. The van der Waals surface area contributed by atoms with E-state index in [1.54, 1.807) is 6.20 Å². The van der Waals surface area contributed by atoms with Crippen molar-refractivity contribution in [3.63, 3.8) is 0 Å². The summed E-state index contributed by atoms with van der Waals surface area (Å²) in [6.07, 6.45) is 4.16. The Hall–Kier alpha value is -1.94. The van der Waals surface area contributed by atoms with Crippen molar-refractivity contribution in [2.75, 3.05) is 13.1 Å². The molecular weight excluding hydrogens is 274 g/mol. The van der Waals surface area contributed by atoms with E-state index in [4.69, 9.17) is 0 Å². The van der Waals surface area contributed by atoms with Gasteiger partial charge in [0, 0.05) is 29.7 Å². The molecule has 3 rings (SSSR count). The van der Waals surface area contributed by atoms with Crippen molar-refractivity contribution in [1.82, 2.24) is 15.6 Å². The molecule has 1 saturated heterocycles. The lowest BCUT2D eigenvalue weighted by molar-refractivity contribution is 0.0929. The van der Waals surface area contributed by atoms with Gasteiger partial charge in [-0.15, -0.1) is 0 Å². The minimum atomic E-state index is -0.0195. The highest BCUT2D eigenvalue weighted by molar-refractivity contribution is 5.97. The number of nitrogens with one attached hydrogen (secondary N) is 2. The summed E-state index contributed by atoms with van der Waals surface area (Å²) in [6, 6.07) is 9.82. The molecule has 2 N–H and O–H groups in total. The Morgan fingerprint density at radius 1 is 1.41 bits per heavy atom. The summed E-state index contributed by atoms with van der Waals surface area (Å²) in [5, 5.41) is 7.58. The van der Waals surface area contributed by atoms with Crippen molar-refractivity contribution >= 4 is 16.8 Å². The molecule has 22 heavy (non-hydrogen) atoms. The Bertz CT molecular complexity index is 681. The third-order valence-corrected chi connectivity index (χ3v) is 4.66. The van der Waals surface area contributed by atoms with Crippen molar-refractivity contribution in [2.45, 2.75) is 32.7 Å². The van der Waals surface area contributed by atoms with Crippen LogP contribution in [-0.2, 0) is 0 Å².